The van der Waals surface area contributed by atoms with Gasteiger partial charge in [0, 0.05) is 6.42 Å². The molecule has 0 aliphatic heterocycles. The number of nitrogens with two attached hydrogens (primary N) is 1. The highest BCUT2D eigenvalue weighted by atomic mass is 16.5. The number of amides is 3. The van der Waals surface area contributed by atoms with Crippen LogP contribution in [0.15, 0.2) is 91.0 Å². The summed E-state index contributed by atoms with van der Waals surface area (Å²) in [6.45, 7) is 3.82. The number of rotatable bonds is 15. The molecule has 0 saturated carbocycles. The van der Waals surface area contributed by atoms with Crippen LogP contribution in [0.5, 0.6) is 0 Å². The van der Waals surface area contributed by atoms with Crippen LogP contribution >= 0.6 is 0 Å². The summed E-state index contributed by atoms with van der Waals surface area (Å²) in [6.07, 6.45) is -0.252. The summed E-state index contributed by atoms with van der Waals surface area (Å²) in [7, 11) is 0. The number of alkyl carbamates (subject to hydrolysis) is 1. The lowest BCUT2D eigenvalue weighted by Gasteiger charge is -2.24. The molecule has 3 aromatic carbocycles. The first-order valence-electron chi connectivity index (χ1n) is 14.2. The molecule has 0 aromatic heterocycles. The van der Waals surface area contributed by atoms with Gasteiger partial charge in [0.15, 0.2) is 0 Å². The van der Waals surface area contributed by atoms with Crippen LogP contribution in [-0.4, -0.2) is 47.7 Å². The van der Waals surface area contributed by atoms with Gasteiger partial charge in [-0.15, -0.1) is 0 Å². The van der Waals surface area contributed by atoms with Crippen LogP contribution in [-0.2, 0) is 38.6 Å². The Balaban J connectivity index is 1.74. The molecule has 3 atom stereocenters. The molecule has 6 N–H and O–H groups in total. The number of hydrogen-bond acceptors (Lipinski definition) is 6. The summed E-state index contributed by atoms with van der Waals surface area (Å²) in [4.78, 5) is 52.7. The average molecular weight is 586 g/mol. The number of hydrogen-bond donors (Lipinski definition) is 5. The number of carbonyl (C=O) groups is 4. The lowest BCUT2D eigenvalue weighted by atomic mass is 9.98. The SMILES string of the molecule is CC(C)C[C@H](NC(=O)OCc1ccccc1)C(=O)N[C@@H](Cc1ccccc1)C(=O)C(=O)N[C@H](Cc1ccccc1)C(=N)N. The third-order valence-corrected chi connectivity index (χ3v) is 6.63. The van der Waals surface area contributed by atoms with E-state index in [9.17, 15) is 19.2 Å². The number of Topliss-reactive ketones (excluding diaryl/α,β-unsaturated/α-hetero) is 1. The van der Waals surface area contributed by atoms with Crippen molar-refractivity contribution in [2.75, 3.05) is 0 Å². The monoisotopic (exact) mass is 585 g/mol. The maximum absolute atomic E-state index is 13.5. The molecule has 10 nitrogen and oxygen atoms in total. The molecule has 0 radical (unpaired) electrons. The van der Waals surface area contributed by atoms with Crippen LogP contribution in [0.3, 0.4) is 0 Å². The van der Waals surface area contributed by atoms with Crippen molar-refractivity contribution in [2.24, 2.45) is 11.7 Å². The smallest absolute Gasteiger partial charge is 0.408 e. The van der Waals surface area contributed by atoms with E-state index in [-0.39, 0.29) is 37.6 Å². The highest BCUT2D eigenvalue weighted by Gasteiger charge is 2.32. The first-order valence-corrected chi connectivity index (χ1v) is 14.2. The van der Waals surface area contributed by atoms with Crippen molar-refractivity contribution in [3.63, 3.8) is 0 Å². The van der Waals surface area contributed by atoms with E-state index in [1.165, 1.54) is 0 Å². The summed E-state index contributed by atoms with van der Waals surface area (Å²) in [5.74, 6) is -2.78. The molecule has 0 bridgehead atoms. The van der Waals surface area contributed by atoms with Gasteiger partial charge in [-0.25, -0.2) is 4.79 Å². The molecule has 0 spiro atoms. The lowest BCUT2D eigenvalue weighted by molar-refractivity contribution is -0.140. The molecule has 0 fully saturated rings. The lowest BCUT2D eigenvalue weighted by Crippen LogP contribution is -2.56. The zero-order valence-corrected chi connectivity index (χ0v) is 24.4. The Bertz CT molecular complexity index is 1370. The van der Waals surface area contributed by atoms with Crippen LogP contribution in [0.2, 0.25) is 0 Å². The second-order valence-electron chi connectivity index (χ2n) is 10.7. The van der Waals surface area contributed by atoms with Gasteiger partial charge in [0.05, 0.1) is 6.04 Å². The molecule has 10 heteroatoms. The van der Waals surface area contributed by atoms with Crippen LogP contribution in [0, 0.1) is 11.3 Å². The fraction of sp³-hybridized carbons (Fsp3) is 0.303. The largest absolute Gasteiger partial charge is 0.445 e. The predicted octanol–water partition coefficient (Wildman–Crippen LogP) is 3.29. The second-order valence-corrected chi connectivity index (χ2v) is 10.7. The van der Waals surface area contributed by atoms with Crippen LogP contribution < -0.4 is 21.7 Å². The van der Waals surface area contributed by atoms with Crippen LogP contribution in [0.4, 0.5) is 4.79 Å². The number of nitrogens with one attached hydrogen (secondary N) is 4. The molecule has 0 unspecified atom stereocenters. The van der Waals surface area contributed by atoms with Crippen molar-refractivity contribution in [2.45, 2.75) is 57.8 Å². The van der Waals surface area contributed by atoms with Gasteiger partial charge in [0.2, 0.25) is 11.7 Å². The van der Waals surface area contributed by atoms with Gasteiger partial charge in [-0.1, -0.05) is 105 Å². The highest BCUT2D eigenvalue weighted by Crippen LogP contribution is 2.10. The molecule has 0 saturated heterocycles. The Kier molecular flexibility index (Phi) is 12.4. The van der Waals surface area contributed by atoms with Crippen molar-refractivity contribution in [3.8, 4) is 0 Å². The molecule has 3 aromatic rings. The molecule has 3 amide bonds. The minimum atomic E-state index is -1.24. The Labute approximate surface area is 251 Å². The zero-order valence-electron chi connectivity index (χ0n) is 24.4. The van der Waals surface area contributed by atoms with E-state index in [1.807, 2.05) is 80.6 Å². The molecular weight excluding hydrogens is 546 g/mol. The van der Waals surface area contributed by atoms with E-state index in [0.717, 1.165) is 16.7 Å². The standard InChI is InChI=1S/C33H39N5O5/c1-22(2)18-28(38-33(42)43-21-25-16-10-5-11-17-25)31(40)36-26(19-23-12-6-3-7-13-23)29(39)32(41)37-27(30(34)35)20-24-14-8-4-9-15-24/h3-17,22,26-28H,18-21H2,1-2H3,(H3,34,35)(H,36,40)(H,37,41)(H,38,42)/t26-,27+,28-/m0/s1. The first kappa shape index (κ1) is 32.5. The number of ether oxygens (including phenoxy) is 1. The minimum Gasteiger partial charge on any atom is -0.445 e. The third-order valence-electron chi connectivity index (χ3n) is 6.63. The molecule has 3 rings (SSSR count). The van der Waals surface area contributed by atoms with E-state index < -0.39 is 41.8 Å². The highest BCUT2D eigenvalue weighted by molar-refractivity contribution is 6.38. The van der Waals surface area contributed by atoms with Gasteiger partial charge in [0.1, 0.15) is 24.5 Å². The summed E-state index contributed by atoms with van der Waals surface area (Å²) >= 11 is 0. The maximum atomic E-state index is 13.5. The zero-order chi connectivity index (χ0) is 31.2. The topological polar surface area (TPSA) is 163 Å². The second kappa shape index (κ2) is 16.5. The van der Waals surface area contributed by atoms with Crippen LogP contribution in [0.25, 0.3) is 0 Å². The maximum Gasteiger partial charge on any atom is 0.408 e. The molecular formula is C33H39N5O5. The summed E-state index contributed by atoms with van der Waals surface area (Å²) in [5.41, 5.74) is 8.08. The normalized spacial score (nSPS) is 12.8. The van der Waals surface area contributed by atoms with E-state index >= 15 is 0 Å². The van der Waals surface area contributed by atoms with E-state index in [4.69, 9.17) is 15.9 Å². The molecule has 0 heterocycles. The number of amidine groups is 1. The molecule has 226 valence electrons. The van der Waals surface area contributed by atoms with Gasteiger partial charge in [-0.3, -0.25) is 19.8 Å². The van der Waals surface area contributed by atoms with E-state index in [1.54, 1.807) is 24.3 Å². The number of benzene rings is 3. The Morgan fingerprint density at radius 3 is 1.67 bits per heavy atom. The summed E-state index contributed by atoms with van der Waals surface area (Å²) < 4.78 is 5.30. The first-order chi connectivity index (χ1) is 20.6. The predicted molar refractivity (Wildman–Crippen MR) is 164 cm³/mol. The van der Waals surface area contributed by atoms with Crippen molar-refractivity contribution in [1.82, 2.24) is 16.0 Å². The average Bonchev–Trinajstić information content (AvgIpc) is 3.00. The summed E-state index contributed by atoms with van der Waals surface area (Å²) in [6, 6.07) is 24.1. The summed E-state index contributed by atoms with van der Waals surface area (Å²) in [5, 5.41) is 15.8. The van der Waals surface area contributed by atoms with E-state index in [0.29, 0.717) is 0 Å². The van der Waals surface area contributed by atoms with Crippen molar-refractivity contribution < 1.29 is 23.9 Å². The molecule has 0 aliphatic carbocycles. The van der Waals surface area contributed by atoms with E-state index in [2.05, 4.69) is 16.0 Å². The molecule has 0 aliphatic rings. The van der Waals surface area contributed by atoms with Crippen molar-refractivity contribution in [3.05, 3.63) is 108 Å². The molecule has 43 heavy (non-hydrogen) atoms. The fourth-order valence-electron chi connectivity index (χ4n) is 4.42. The van der Waals surface area contributed by atoms with Gasteiger partial charge in [0.25, 0.3) is 5.91 Å². The Hall–Kier alpha value is -4.99. The van der Waals surface area contributed by atoms with Gasteiger partial charge >= 0.3 is 6.09 Å². The quantitative estimate of drug-likeness (QED) is 0.104. The van der Waals surface area contributed by atoms with Crippen molar-refractivity contribution >= 4 is 29.5 Å². The van der Waals surface area contributed by atoms with Gasteiger partial charge < -0.3 is 26.4 Å². The minimum absolute atomic E-state index is 0.0195. The van der Waals surface area contributed by atoms with Gasteiger partial charge in [-0.05, 0) is 35.4 Å². The fourth-order valence-corrected chi connectivity index (χ4v) is 4.42. The van der Waals surface area contributed by atoms with Crippen LogP contribution in [0.1, 0.15) is 37.0 Å². The number of carbonyl (C=O) groups excluding carboxylic acids is 4. The number of ketones is 1. The van der Waals surface area contributed by atoms with Crippen molar-refractivity contribution in [1.29, 1.82) is 5.41 Å². The third kappa shape index (κ3) is 11.1. The van der Waals surface area contributed by atoms with Gasteiger partial charge in [-0.2, -0.15) is 0 Å². The Morgan fingerprint density at radius 1 is 0.698 bits per heavy atom. The Morgan fingerprint density at radius 2 is 1.19 bits per heavy atom.